The average molecular weight is 591 g/mol. The predicted molar refractivity (Wildman–Crippen MR) is 161 cm³/mol. The standard InChI is InChI=1S/C12H10.C11H18N.C9H13.C2H7Ge.Ti/c1-3-7-11(8-4-1)12-9-5-2-6-10-12;1-10-3-8-2-9(4-10)6-11(12,5-8)7-10;1-6-5-7(2)9(4)8(6)3;1-3-2;/h1-10H;8-9,12H,2-7H2,1H3;6H,1-4H3;3H,1-2H3;/q;2*-1;;+2. The van der Waals surface area contributed by atoms with Gasteiger partial charge in [-0.05, 0) is 47.6 Å². The van der Waals surface area contributed by atoms with Gasteiger partial charge in [-0.3, -0.25) is 6.08 Å². The van der Waals surface area contributed by atoms with E-state index in [1.54, 1.807) is 0 Å². The van der Waals surface area contributed by atoms with Gasteiger partial charge in [-0.1, -0.05) is 114 Å². The second-order valence-corrected chi connectivity index (χ2v) is 14.6. The maximum atomic E-state index is 8.34. The van der Waals surface area contributed by atoms with Gasteiger partial charge in [-0.2, -0.15) is 11.1 Å². The van der Waals surface area contributed by atoms with Crippen molar-refractivity contribution in [1.29, 1.82) is 0 Å². The van der Waals surface area contributed by atoms with Crippen molar-refractivity contribution in [2.24, 2.45) is 23.2 Å². The van der Waals surface area contributed by atoms with Crippen molar-refractivity contribution >= 4 is 15.4 Å². The van der Waals surface area contributed by atoms with E-state index in [0.717, 1.165) is 11.8 Å². The molecule has 1 radical (unpaired) electrons. The molecule has 4 bridgehead atoms. The van der Waals surface area contributed by atoms with Crippen LogP contribution in [0.4, 0.5) is 0 Å². The van der Waals surface area contributed by atoms with Crippen molar-refractivity contribution < 1.29 is 21.7 Å². The third kappa shape index (κ3) is 9.09. The fourth-order valence-corrected chi connectivity index (χ4v) is 7.14. The Kier molecular flexibility index (Phi) is 12.7. The summed E-state index contributed by atoms with van der Waals surface area (Å²) < 4.78 is 0. The van der Waals surface area contributed by atoms with Crippen LogP contribution in [0, 0.1) is 29.2 Å². The summed E-state index contributed by atoms with van der Waals surface area (Å²) in [4.78, 5) is 0. The van der Waals surface area contributed by atoms with Crippen LogP contribution in [-0.2, 0) is 21.7 Å². The van der Waals surface area contributed by atoms with Crippen molar-refractivity contribution in [2.45, 2.75) is 90.2 Å². The van der Waals surface area contributed by atoms with Gasteiger partial charge in [0.05, 0.1) is 0 Å². The summed E-state index contributed by atoms with van der Waals surface area (Å²) in [5, 5.41) is 0. The number of hydrogen-bond acceptors (Lipinski definition) is 0. The molecule has 37 heavy (non-hydrogen) atoms. The van der Waals surface area contributed by atoms with Crippen molar-refractivity contribution in [3.05, 3.63) is 89.2 Å². The molecule has 2 aromatic rings. The molecule has 3 unspecified atom stereocenters. The Morgan fingerprint density at radius 2 is 1.24 bits per heavy atom. The molecule has 0 aromatic heterocycles. The maximum absolute atomic E-state index is 8.34. The fraction of sp³-hybridized carbons (Fsp3) is 0.529. The van der Waals surface area contributed by atoms with Gasteiger partial charge >= 0.3 is 48.7 Å². The number of hydrogen-bond donors (Lipinski definition) is 0. The molecule has 0 aliphatic heterocycles. The largest absolute Gasteiger partial charge is 2.00 e. The Morgan fingerprint density at radius 3 is 1.51 bits per heavy atom. The zero-order valence-electron chi connectivity index (χ0n) is 24.3. The van der Waals surface area contributed by atoms with Crippen LogP contribution in [0.15, 0.2) is 77.4 Å². The first kappa shape index (κ1) is 32.3. The SMILES string of the molecule is CC12CC3CC(C1)CC([NH-])(C3)C2.CC1=[C-]C(C)C(C)=C1C.[CH3][GeH][CH3].[Ti+2].c1ccc(-c2ccccc2)cc1. The molecule has 7 rings (SSSR count). The van der Waals surface area contributed by atoms with Crippen LogP contribution in [0.2, 0.25) is 11.5 Å². The summed E-state index contributed by atoms with van der Waals surface area (Å²) in [5.41, 5.74) is 15.7. The van der Waals surface area contributed by atoms with E-state index in [1.165, 1.54) is 66.4 Å². The van der Waals surface area contributed by atoms with E-state index in [-0.39, 0.29) is 27.3 Å². The molecule has 0 spiro atoms. The van der Waals surface area contributed by atoms with E-state index in [9.17, 15) is 0 Å². The van der Waals surface area contributed by atoms with Gasteiger partial charge in [-0.25, -0.2) is 5.57 Å². The van der Waals surface area contributed by atoms with Crippen LogP contribution in [0.5, 0.6) is 0 Å². The third-order valence-corrected chi connectivity index (χ3v) is 8.47. The number of nitrogens with one attached hydrogen (secondary N) is 1. The zero-order chi connectivity index (χ0) is 26.3. The van der Waals surface area contributed by atoms with Crippen LogP contribution in [-0.4, -0.2) is 21.0 Å². The summed E-state index contributed by atoms with van der Waals surface area (Å²) in [6, 6.07) is 20.8. The van der Waals surface area contributed by atoms with Crippen LogP contribution in [0.3, 0.4) is 0 Å². The number of allylic oxidation sites excluding steroid dienone is 4. The monoisotopic (exact) mass is 592 g/mol. The quantitative estimate of drug-likeness (QED) is 0.233. The minimum atomic E-state index is 0. The van der Waals surface area contributed by atoms with Crippen molar-refractivity contribution in [3.8, 4) is 11.1 Å². The summed E-state index contributed by atoms with van der Waals surface area (Å²) >= 11 is 0.312. The zero-order valence-corrected chi connectivity index (χ0v) is 28.3. The van der Waals surface area contributed by atoms with Gasteiger partial charge < -0.3 is 5.73 Å². The Morgan fingerprint density at radius 1 is 0.811 bits per heavy atom. The first-order valence-electron chi connectivity index (χ1n) is 14.0. The van der Waals surface area contributed by atoms with Gasteiger partial charge in [0.2, 0.25) is 0 Å². The molecule has 4 saturated carbocycles. The normalized spacial score (nSPS) is 30.5. The van der Waals surface area contributed by atoms with Crippen LogP contribution >= 0.6 is 0 Å². The van der Waals surface area contributed by atoms with Gasteiger partial charge in [-0.15, -0.1) is 12.5 Å². The van der Waals surface area contributed by atoms with Gasteiger partial charge in [0.25, 0.3) is 0 Å². The Labute approximate surface area is 249 Å². The molecule has 5 aliphatic carbocycles. The molecule has 1 nitrogen and oxygen atoms in total. The molecular formula is C34H48GeNTi. The van der Waals surface area contributed by atoms with Crippen molar-refractivity contribution in [2.75, 3.05) is 0 Å². The van der Waals surface area contributed by atoms with E-state index >= 15 is 0 Å². The molecule has 0 saturated heterocycles. The average Bonchev–Trinajstić information content (AvgIpc) is 3.04. The van der Waals surface area contributed by atoms with Crippen LogP contribution < -0.4 is 0 Å². The summed E-state index contributed by atoms with van der Waals surface area (Å²) in [6.45, 7) is 11.1. The van der Waals surface area contributed by atoms with Crippen LogP contribution in [0.25, 0.3) is 16.9 Å². The number of rotatable bonds is 1. The molecule has 197 valence electrons. The fourth-order valence-electron chi connectivity index (χ4n) is 7.14. The summed E-state index contributed by atoms with van der Waals surface area (Å²) in [5.74, 6) is 6.97. The molecular weight excluding hydrogens is 543 g/mol. The van der Waals surface area contributed by atoms with Crippen molar-refractivity contribution in [1.82, 2.24) is 0 Å². The second kappa shape index (κ2) is 14.5. The molecule has 3 heteroatoms. The smallest absolute Gasteiger partial charge is 0.0622 e. The van der Waals surface area contributed by atoms with Crippen molar-refractivity contribution in [3.63, 3.8) is 0 Å². The summed E-state index contributed by atoms with van der Waals surface area (Å²) in [6.07, 6.45) is 11.3. The predicted octanol–water partition coefficient (Wildman–Crippen LogP) is 9.99. The van der Waals surface area contributed by atoms with E-state index in [1.807, 2.05) is 12.1 Å². The third-order valence-electron chi connectivity index (χ3n) is 8.47. The molecule has 4 fully saturated rings. The van der Waals surface area contributed by atoms with Gasteiger partial charge in [0, 0.05) is 0 Å². The van der Waals surface area contributed by atoms with Gasteiger partial charge in [0.1, 0.15) is 0 Å². The van der Waals surface area contributed by atoms with E-state index in [4.69, 9.17) is 5.73 Å². The number of benzene rings is 2. The molecule has 3 atom stereocenters. The van der Waals surface area contributed by atoms with E-state index in [0.29, 0.717) is 26.8 Å². The Hall–Kier alpha value is -0.863. The van der Waals surface area contributed by atoms with E-state index < -0.39 is 0 Å². The summed E-state index contributed by atoms with van der Waals surface area (Å²) in [7, 11) is 0. The van der Waals surface area contributed by atoms with Crippen LogP contribution in [0.1, 0.15) is 73.1 Å². The van der Waals surface area contributed by atoms with E-state index in [2.05, 4.69) is 101 Å². The first-order valence-corrected chi connectivity index (χ1v) is 18.8. The maximum Gasteiger partial charge on any atom is 2.00 e. The molecule has 0 heterocycles. The molecule has 5 aliphatic rings. The minimum Gasteiger partial charge on any atom is -0.0622 e. The Balaban J connectivity index is 0.000000185. The minimum absolute atomic E-state index is 0. The Bertz CT molecular complexity index is 955. The molecule has 1 N–H and O–H groups in total. The first-order chi connectivity index (χ1) is 17.1. The van der Waals surface area contributed by atoms with Gasteiger partial charge in [0.15, 0.2) is 0 Å². The molecule has 2 aromatic carbocycles. The topological polar surface area (TPSA) is 23.8 Å². The second-order valence-electron chi connectivity index (χ2n) is 12.2. The molecule has 0 amide bonds.